The fourth-order valence-electron chi connectivity index (χ4n) is 5.49. The lowest BCUT2D eigenvalue weighted by Gasteiger charge is -2.40. The Hall–Kier alpha value is -2.61. The summed E-state index contributed by atoms with van der Waals surface area (Å²) in [6.45, 7) is 4.31. The molecule has 10 heteroatoms. The number of hydroxylamine groups is 1. The molecule has 0 radical (unpaired) electrons. The third kappa shape index (κ3) is 2.60. The van der Waals surface area contributed by atoms with Crippen molar-refractivity contribution >= 4 is 11.6 Å². The van der Waals surface area contributed by atoms with Crippen molar-refractivity contribution in [2.24, 2.45) is 11.8 Å². The highest BCUT2D eigenvalue weighted by Gasteiger charge is 2.75. The minimum atomic E-state index is -4.72. The number of carbonyl (C=O) groups excluding carboxylic acids is 1. The predicted octanol–water partition coefficient (Wildman–Crippen LogP) is 2.87. The van der Waals surface area contributed by atoms with Crippen molar-refractivity contribution in [2.45, 2.75) is 43.9 Å². The van der Waals surface area contributed by atoms with E-state index in [1.807, 2.05) is 13.0 Å². The Kier molecular flexibility index (Phi) is 4.22. The van der Waals surface area contributed by atoms with Crippen LogP contribution in [0, 0.1) is 23.2 Å². The van der Waals surface area contributed by atoms with Gasteiger partial charge in [0, 0.05) is 12.1 Å². The molecule has 1 aromatic rings. The van der Waals surface area contributed by atoms with Crippen molar-refractivity contribution in [3.8, 4) is 6.07 Å². The van der Waals surface area contributed by atoms with Crippen LogP contribution in [-0.2, 0) is 25.3 Å². The van der Waals surface area contributed by atoms with Gasteiger partial charge < -0.3 is 9.47 Å². The summed E-state index contributed by atoms with van der Waals surface area (Å²) in [5, 5.41) is 9.08. The maximum atomic E-state index is 13.6. The number of hydrogen-bond acceptors (Lipinski definition) is 6. The zero-order valence-corrected chi connectivity index (χ0v) is 16.8. The number of amides is 1. The third-order valence-corrected chi connectivity index (χ3v) is 6.72. The van der Waals surface area contributed by atoms with Crippen molar-refractivity contribution in [1.82, 2.24) is 5.48 Å². The van der Waals surface area contributed by atoms with Crippen LogP contribution in [0.25, 0.3) is 0 Å². The lowest BCUT2D eigenvalue weighted by atomic mass is 9.69. The van der Waals surface area contributed by atoms with E-state index in [2.05, 4.69) is 5.48 Å². The molecule has 0 aromatic heterocycles. The molecule has 3 saturated heterocycles. The second-order valence-corrected chi connectivity index (χ2v) is 8.32. The largest absolute Gasteiger partial charge is 0.417 e. The van der Waals surface area contributed by atoms with Gasteiger partial charge in [-0.1, -0.05) is 0 Å². The molecule has 1 N–H and O–H groups in total. The molecule has 0 aliphatic carbocycles. The average molecular weight is 435 g/mol. The van der Waals surface area contributed by atoms with Gasteiger partial charge in [-0.2, -0.15) is 18.4 Å². The van der Waals surface area contributed by atoms with E-state index < -0.39 is 40.7 Å². The van der Waals surface area contributed by atoms with Crippen LogP contribution < -0.4 is 10.4 Å². The molecule has 164 valence electrons. The van der Waals surface area contributed by atoms with Gasteiger partial charge in [-0.25, -0.2) is 0 Å². The second-order valence-electron chi connectivity index (χ2n) is 8.32. The normalized spacial score (nSPS) is 35.7. The number of anilines is 1. The molecule has 1 amide bonds. The van der Waals surface area contributed by atoms with Crippen LogP contribution >= 0.6 is 0 Å². The van der Waals surface area contributed by atoms with E-state index in [-0.39, 0.29) is 24.1 Å². The summed E-state index contributed by atoms with van der Waals surface area (Å²) in [6.07, 6.45) is -3.03. The zero-order valence-electron chi connectivity index (χ0n) is 16.8. The lowest BCUT2D eigenvalue weighted by molar-refractivity contribution is -0.139. The second kappa shape index (κ2) is 6.45. The molecule has 1 aromatic carbocycles. The Morgan fingerprint density at radius 3 is 2.87 bits per heavy atom. The Labute approximate surface area is 176 Å². The van der Waals surface area contributed by atoms with Crippen molar-refractivity contribution < 1.29 is 32.3 Å². The number of ether oxygens (including phenoxy) is 2. The Morgan fingerprint density at radius 2 is 2.19 bits per heavy atom. The fraction of sp³-hybridized carbons (Fsp3) is 0.524. The molecule has 7 nitrogen and oxygen atoms in total. The summed E-state index contributed by atoms with van der Waals surface area (Å²) in [4.78, 5) is 20.2. The quantitative estimate of drug-likeness (QED) is 0.733. The number of carbonyl (C=O) groups is 1. The van der Waals surface area contributed by atoms with E-state index in [0.717, 1.165) is 12.1 Å². The number of benzene rings is 1. The van der Waals surface area contributed by atoms with E-state index in [0.29, 0.717) is 18.7 Å². The molecule has 5 atom stereocenters. The van der Waals surface area contributed by atoms with Crippen LogP contribution in [0.5, 0.6) is 0 Å². The van der Waals surface area contributed by atoms with Crippen LogP contribution in [0.3, 0.4) is 0 Å². The Morgan fingerprint density at radius 1 is 1.42 bits per heavy atom. The molecule has 4 aliphatic rings. The number of fused-ring (bicyclic) bond motifs is 2. The summed E-state index contributed by atoms with van der Waals surface area (Å²) >= 11 is 0. The summed E-state index contributed by atoms with van der Waals surface area (Å²) in [7, 11) is 0. The number of hydrogen-bond donors (Lipinski definition) is 1. The van der Waals surface area contributed by atoms with E-state index in [4.69, 9.17) is 19.6 Å². The fourth-order valence-corrected chi connectivity index (χ4v) is 5.49. The number of nitrogens with zero attached hydrogens (tertiary/aromatic N) is 2. The number of halogens is 3. The van der Waals surface area contributed by atoms with Crippen LogP contribution in [0.1, 0.15) is 31.4 Å². The topological polar surface area (TPSA) is 83.8 Å². The molecule has 4 aliphatic heterocycles. The molecule has 0 unspecified atom stereocenters. The summed E-state index contributed by atoms with van der Waals surface area (Å²) in [5.74, 6) is -1.38. The smallest absolute Gasteiger partial charge is 0.357 e. The molecule has 5 rings (SSSR count). The molecule has 2 bridgehead atoms. The Balaban J connectivity index is 1.58. The molecule has 3 fully saturated rings. The predicted molar refractivity (Wildman–Crippen MR) is 100 cm³/mol. The van der Waals surface area contributed by atoms with Gasteiger partial charge in [-0.15, -0.1) is 0 Å². The van der Waals surface area contributed by atoms with Gasteiger partial charge in [0.1, 0.15) is 11.8 Å². The summed E-state index contributed by atoms with van der Waals surface area (Å²) in [6, 6.07) is 4.86. The third-order valence-electron chi connectivity index (χ3n) is 6.72. The first-order chi connectivity index (χ1) is 14.7. The van der Waals surface area contributed by atoms with Gasteiger partial charge in [0.15, 0.2) is 0 Å². The lowest BCUT2D eigenvalue weighted by Crippen LogP contribution is -2.50. The summed E-state index contributed by atoms with van der Waals surface area (Å²) < 4.78 is 52.8. The number of rotatable bonds is 4. The van der Waals surface area contributed by atoms with E-state index in [1.165, 1.54) is 11.0 Å². The van der Waals surface area contributed by atoms with Crippen molar-refractivity contribution in [3.63, 3.8) is 0 Å². The molecule has 0 saturated carbocycles. The monoisotopic (exact) mass is 435 g/mol. The van der Waals surface area contributed by atoms with Crippen molar-refractivity contribution in [3.05, 3.63) is 41.1 Å². The number of nitrogens with one attached hydrogen (secondary N) is 1. The Bertz CT molecular complexity index is 1040. The van der Waals surface area contributed by atoms with Gasteiger partial charge in [-0.3, -0.25) is 20.0 Å². The molecular formula is C21H20F3N3O4. The molecule has 31 heavy (non-hydrogen) atoms. The van der Waals surface area contributed by atoms with Crippen LogP contribution in [0.4, 0.5) is 18.9 Å². The molecular weight excluding hydrogens is 415 g/mol. The maximum Gasteiger partial charge on any atom is 0.417 e. The molecule has 1 spiro atoms. The standard InChI is InChI=1S/C21H20F3N3O4/c1-3-30-26-14-9-20-6-7-29-18-16(20)15(19(14,2)31-20)17(28)27(18)12-5-4-11(10-25)13(8-12)21(22,23)24/h4-5,8-9,15-16,18,26H,3,6-7H2,1-2H3/t15-,16+,18+,19-,20+/m1/s1. The SMILES string of the molecule is CCONC1=C[C@@]23CCO[C@H]4[C@@H]2[C@H](C(=O)N4c2ccc(C#N)c(C(F)(F)F)c2)[C@]1(C)O3. The summed E-state index contributed by atoms with van der Waals surface area (Å²) in [5.41, 5.74) is 0.229. The van der Waals surface area contributed by atoms with E-state index in [9.17, 15) is 18.0 Å². The zero-order chi connectivity index (χ0) is 22.2. The van der Waals surface area contributed by atoms with Crippen molar-refractivity contribution in [1.29, 1.82) is 5.26 Å². The minimum Gasteiger partial charge on any atom is -0.357 e. The van der Waals surface area contributed by atoms with Gasteiger partial charge in [0.25, 0.3) is 0 Å². The highest BCUT2D eigenvalue weighted by molar-refractivity contribution is 6.00. The highest BCUT2D eigenvalue weighted by atomic mass is 19.4. The van der Waals surface area contributed by atoms with Crippen LogP contribution in [-0.4, -0.2) is 36.6 Å². The average Bonchev–Trinajstić information content (AvgIpc) is 3.29. The maximum absolute atomic E-state index is 13.6. The van der Waals surface area contributed by atoms with Crippen LogP contribution in [0.15, 0.2) is 30.0 Å². The van der Waals surface area contributed by atoms with Gasteiger partial charge in [-0.05, 0) is 38.1 Å². The first-order valence-corrected chi connectivity index (χ1v) is 10.0. The first-order valence-electron chi connectivity index (χ1n) is 10.0. The number of alkyl halides is 3. The van der Waals surface area contributed by atoms with Crippen LogP contribution in [0.2, 0.25) is 0 Å². The van der Waals surface area contributed by atoms with E-state index in [1.54, 1.807) is 13.0 Å². The number of nitriles is 1. The van der Waals surface area contributed by atoms with Gasteiger partial charge in [0.2, 0.25) is 5.91 Å². The van der Waals surface area contributed by atoms with Gasteiger partial charge in [0.05, 0.1) is 53.5 Å². The van der Waals surface area contributed by atoms with Crippen molar-refractivity contribution in [2.75, 3.05) is 18.1 Å². The minimum absolute atomic E-state index is 0.0510. The first kappa shape index (κ1) is 20.3. The van der Waals surface area contributed by atoms with E-state index >= 15 is 0 Å². The molecule has 4 heterocycles. The highest BCUT2D eigenvalue weighted by Crippen LogP contribution is 2.64. The van der Waals surface area contributed by atoms with Gasteiger partial charge >= 0.3 is 6.18 Å².